The molecule has 1 saturated heterocycles. The number of primary amides is 1. The van der Waals surface area contributed by atoms with Gasteiger partial charge in [0.1, 0.15) is 18.7 Å². The Balaban J connectivity index is 1.60. The predicted octanol–water partition coefficient (Wildman–Crippen LogP) is 2.60. The molecule has 1 heterocycles. The van der Waals surface area contributed by atoms with E-state index in [2.05, 4.69) is 27.9 Å². The molecular weight excluding hydrogens is 497 g/mol. The van der Waals surface area contributed by atoms with E-state index in [4.69, 9.17) is 10.5 Å². The molecule has 2 aromatic rings. The average molecular weight is 521 g/mol. The number of carbonyl (C=O) groups is 3. The van der Waals surface area contributed by atoms with E-state index in [0.717, 1.165) is 14.7 Å². The molecule has 158 valence electrons. The van der Waals surface area contributed by atoms with Crippen LogP contribution in [-0.4, -0.2) is 41.4 Å². The maximum Gasteiger partial charge on any atom is 0.410 e. The van der Waals surface area contributed by atoms with E-state index in [0.29, 0.717) is 25.8 Å². The predicted molar refractivity (Wildman–Crippen MR) is 120 cm³/mol. The van der Waals surface area contributed by atoms with Crippen molar-refractivity contribution < 1.29 is 19.1 Å². The first-order valence-electron chi connectivity index (χ1n) is 9.75. The lowest BCUT2D eigenvalue weighted by Gasteiger charge is -2.25. The van der Waals surface area contributed by atoms with Crippen molar-refractivity contribution in [3.8, 4) is 0 Å². The van der Waals surface area contributed by atoms with E-state index < -0.39 is 30.0 Å². The summed E-state index contributed by atoms with van der Waals surface area (Å²) in [5, 5.41) is 2.72. The minimum Gasteiger partial charge on any atom is -0.445 e. The van der Waals surface area contributed by atoms with Gasteiger partial charge in [0.05, 0.1) is 0 Å². The van der Waals surface area contributed by atoms with Gasteiger partial charge < -0.3 is 15.8 Å². The number of halogens is 1. The van der Waals surface area contributed by atoms with Crippen molar-refractivity contribution in [3.05, 3.63) is 69.3 Å². The van der Waals surface area contributed by atoms with Gasteiger partial charge in [0.25, 0.3) is 0 Å². The largest absolute Gasteiger partial charge is 0.445 e. The minimum absolute atomic E-state index is 0.140. The number of ether oxygens (including phenoxy) is 1. The lowest BCUT2D eigenvalue weighted by atomic mass is 10.0. The van der Waals surface area contributed by atoms with Gasteiger partial charge in [-0.1, -0.05) is 42.5 Å². The molecule has 1 aliphatic heterocycles. The summed E-state index contributed by atoms with van der Waals surface area (Å²) in [5.41, 5.74) is 7.29. The number of nitrogens with zero attached hydrogens (tertiary/aromatic N) is 1. The van der Waals surface area contributed by atoms with Crippen LogP contribution < -0.4 is 11.1 Å². The molecule has 7 nitrogen and oxygen atoms in total. The molecule has 0 unspecified atom stereocenters. The first kappa shape index (κ1) is 22.1. The first-order valence-corrected chi connectivity index (χ1v) is 10.8. The Morgan fingerprint density at radius 3 is 2.57 bits per heavy atom. The Kier molecular flexibility index (Phi) is 7.67. The fourth-order valence-electron chi connectivity index (χ4n) is 3.45. The van der Waals surface area contributed by atoms with Crippen LogP contribution in [0.1, 0.15) is 24.0 Å². The highest BCUT2D eigenvalue weighted by Gasteiger charge is 2.36. The number of hydrogen-bond acceptors (Lipinski definition) is 4. The van der Waals surface area contributed by atoms with Crippen molar-refractivity contribution in [2.45, 2.75) is 38.0 Å². The third-order valence-electron chi connectivity index (χ3n) is 4.98. The molecule has 1 fully saturated rings. The summed E-state index contributed by atoms with van der Waals surface area (Å²) < 4.78 is 6.40. The maximum absolute atomic E-state index is 12.8. The quantitative estimate of drug-likeness (QED) is 0.547. The zero-order chi connectivity index (χ0) is 21.5. The fraction of sp³-hybridized carbons (Fsp3) is 0.318. The maximum atomic E-state index is 12.8. The standard InChI is InChI=1S/C22H24IN3O4/c23-17-9-4-8-16(12-17)13-18(20(24)27)25-21(28)19-10-5-11-26(19)22(29)30-14-15-6-2-1-3-7-15/h1-4,6-9,12,18-19H,5,10-11,13-14H2,(H2,24,27)(H,25,28)/t18-,19+/m0/s1. The molecule has 0 saturated carbocycles. The van der Waals surface area contributed by atoms with Gasteiger partial charge in [-0.05, 0) is 58.7 Å². The van der Waals surface area contributed by atoms with Gasteiger partial charge in [0, 0.05) is 16.5 Å². The Morgan fingerprint density at radius 1 is 1.13 bits per heavy atom. The molecule has 1 aliphatic rings. The van der Waals surface area contributed by atoms with Crippen molar-refractivity contribution in [2.75, 3.05) is 6.54 Å². The summed E-state index contributed by atoms with van der Waals surface area (Å²) in [6.07, 6.45) is 0.963. The molecule has 3 rings (SSSR count). The number of carbonyl (C=O) groups excluding carboxylic acids is 3. The highest BCUT2D eigenvalue weighted by Crippen LogP contribution is 2.20. The van der Waals surface area contributed by atoms with Crippen LogP contribution in [0.4, 0.5) is 4.79 Å². The molecule has 2 aromatic carbocycles. The molecule has 3 amide bonds. The lowest BCUT2D eigenvalue weighted by molar-refractivity contribution is -0.130. The van der Waals surface area contributed by atoms with Crippen LogP contribution in [0.15, 0.2) is 54.6 Å². The molecule has 8 heteroatoms. The summed E-state index contributed by atoms with van der Waals surface area (Å²) in [7, 11) is 0. The molecular formula is C22H24IN3O4. The van der Waals surface area contributed by atoms with E-state index in [1.54, 1.807) is 0 Å². The minimum atomic E-state index is -0.849. The molecule has 30 heavy (non-hydrogen) atoms. The van der Waals surface area contributed by atoms with Crippen LogP contribution in [0.25, 0.3) is 0 Å². The third kappa shape index (κ3) is 5.94. The van der Waals surface area contributed by atoms with Gasteiger partial charge in [0.15, 0.2) is 0 Å². The van der Waals surface area contributed by atoms with E-state index in [1.807, 2.05) is 54.6 Å². The fourth-order valence-corrected chi connectivity index (χ4v) is 4.06. The van der Waals surface area contributed by atoms with E-state index >= 15 is 0 Å². The summed E-state index contributed by atoms with van der Waals surface area (Å²) in [6, 6.07) is 15.5. The number of likely N-dealkylation sites (tertiary alicyclic amines) is 1. The Hall–Kier alpha value is -2.62. The van der Waals surface area contributed by atoms with Crippen LogP contribution in [0.3, 0.4) is 0 Å². The van der Waals surface area contributed by atoms with E-state index in [-0.39, 0.29) is 6.61 Å². The molecule has 0 radical (unpaired) electrons. The second-order valence-corrected chi connectivity index (χ2v) is 8.43. The first-order chi connectivity index (χ1) is 14.4. The Labute approximate surface area is 189 Å². The number of nitrogens with two attached hydrogens (primary N) is 1. The molecule has 0 spiro atoms. The van der Waals surface area contributed by atoms with Gasteiger partial charge in [0.2, 0.25) is 11.8 Å². The van der Waals surface area contributed by atoms with E-state index in [9.17, 15) is 14.4 Å². The molecule has 0 bridgehead atoms. The van der Waals surface area contributed by atoms with Crippen molar-refractivity contribution in [1.29, 1.82) is 0 Å². The van der Waals surface area contributed by atoms with Gasteiger partial charge in [-0.2, -0.15) is 0 Å². The number of benzene rings is 2. The van der Waals surface area contributed by atoms with Crippen molar-refractivity contribution in [2.24, 2.45) is 5.73 Å². The van der Waals surface area contributed by atoms with Gasteiger partial charge in [-0.3, -0.25) is 14.5 Å². The van der Waals surface area contributed by atoms with E-state index in [1.165, 1.54) is 4.90 Å². The molecule has 0 aliphatic carbocycles. The molecule has 3 N–H and O–H groups in total. The average Bonchev–Trinajstić information content (AvgIpc) is 3.22. The summed E-state index contributed by atoms with van der Waals surface area (Å²) in [5.74, 6) is -1.00. The zero-order valence-electron chi connectivity index (χ0n) is 16.4. The van der Waals surface area contributed by atoms with Crippen LogP contribution in [0, 0.1) is 3.57 Å². The van der Waals surface area contributed by atoms with Crippen LogP contribution in [0.5, 0.6) is 0 Å². The number of rotatable bonds is 7. The normalized spacial score (nSPS) is 16.7. The lowest BCUT2D eigenvalue weighted by Crippen LogP contribution is -2.53. The Morgan fingerprint density at radius 2 is 1.87 bits per heavy atom. The second-order valence-electron chi connectivity index (χ2n) is 7.19. The number of nitrogens with one attached hydrogen (secondary N) is 1. The monoisotopic (exact) mass is 521 g/mol. The van der Waals surface area contributed by atoms with Crippen LogP contribution in [0.2, 0.25) is 0 Å². The van der Waals surface area contributed by atoms with Gasteiger partial charge in [-0.15, -0.1) is 0 Å². The highest BCUT2D eigenvalue weighted by atomic mass is 127. The van der Waals surface area contributed by atoms with Crippen molar-refractivity contribution in [3.63, 3.8) is 0 Å². The van der Waals surface area contributed by atoms with Crippen LogP contribution >= 0.6 is 22.6 Å². The van der Waals surface area contributed by atoms with Gasteiger partial charge >= 0.3 is 6.09 Å². The molecule has 2 atom stereocenters. The summed E-state index contributed by atoms with van der Waals surface area (Å²) in [6.45, 7) is 0.574. The Bertz CT molecular complexity index is 906. The van der Waals surface area contributed by atoms with Crippen LogP contribution in [-0.2, 0) is 27.4 Å². The smallest absolute Gasteiger partial charge is 0.410 e. The summed E-state index contributed by atoms with van der Waals surface area (Å²) >= 11 is 2.19. The zero-order valence-corrected chi connectivity index (χ0v) is 18.6. The van der Waals surface area contributed by atoms with Gasteiger partial charge in [-0.25, -0.2) is 4.79 Å². The van der Waals surface area contributed by atoms with Crippen molar-refractivity contribution >= 4 is 40.5 Å². The number of hydrogen-bond donors (Lipinski definition) is 2. The third-order valence-corrected chi connectivity index (χ3v) is 5.65. The van der Waals surface area contributed by atoms with Crippen molar-refractivity contribution in [1.82, 2.24) is 10.2 Å². The molecule has 0 aromatic heterocycles. The topological polar surface area (TPSA) is 102 Å². The summed E-state index contributed by atoms with van der Waals surface area (Å²) in [4.78, 5) is 38.7. The number of amides is 3. The highest BCUT2D eigenvalue weighted by molar-refractivity contribution is 14.1. The SMILES string of the molecule is NC(=O)[C@H](Cc1cccc(I)c1)NC(=O)[C@H]1CCCN1C(=O)OCc1ccccc1. The second kappa shape index (κ2) is 10.4.